The fraction of sp³-hybridized carbons (Fsp3) is 0.500. The molecule has 0 saturated carbocycles. The molecule has 108 valence electrons. The molecule has 2 aliphatic rings. The van der Waals surface area contributed by atoms with Crippen LogP contribution in [0.2, 0.25) is 0 Å². The average molecular weight is 276 g/mol. The quantitative estimate of drug-likeness (QED) is 0.690. The maximum atomic E-state index is 12.4. The first-order chi connectivity index (χ1) is 9.43. The van der Waals surface area contributed by atoms with Gasteiger partial charge in [0.2, 0.25) is 0 Å². The van der Waals surface area contributed by atoms with Gasteiger partial charge in [-0.3, -0.25) is 4.79 Å². The summed E-state index contributed by atoms with van der Waals surface area (Å²) in [6.45, 7) is 7.56. The van der Waals surface area contributed by atoms with Gasteiger partial charge in [-0.2, -0.15) is 0 Å². The van der Waals surface area contributed by atoms with Gasteiger partial charge in [0.25, 0.3) is 0 Å². The smallest absolute Gasteiger partial charge is 0.334 e. The van der Waals surface area contributed by atoms with Gasteiger partial charge < -0.3 is 9.47 Å². The third-order valence-electron chi connectivity index (χ3n) is 3.89. The number of methoxy groups -OCH3 is 1. The minimum atomic E-state index is -0.488. The number of hydrogen-bond acceptors (Lipinski definition) is 4. The van der Waals surface area contributed by atoms with Gasteiger partial charge in [0, 0.05) is 31.1 Å². The monoisotopic (exact) mass is 276 g/mol. The molecule has 0 bridgehead atoms. The summed E-state index contributed by atoms with van der Waals surface area (Å²) in [5.41, 5.74) is 1.76. The molecule has 0 N–H and O–H groups in total. The number of carbonyl (C=O) groups excluding carboxylic acids is 2. The zero-order valence-electron chi connectivity index (χ0n) is 12.1. The lowest BCUT2D eigenvalue weighted by Gasteiger charge is -2.22. The second kappa shape index (κ2) is 5.75. The molecule has 3 atom stereocenters. The van der Waals surface area contributed by atoms with Crippen LogP contribution in [-0.2, 0) is 19.1 Å². The zero-order valence-corrected chi connectivity index (χ0v) is 12.1. The van der Waals surface area contributed by atoms with E-state index in [0.717, 1.165) is 5.57 Å². The normalized spacial score (nSPS) is 33.0. The standard InChI is InChI=1S/C16H20O4/c1-9-5-6-13(19-4)10(2)8-12(17)15-11(3)16(18)20-14(15)7-9/h5-6,10,13-14H,1,7-8H2,2-4H3/b6-5+/t10-,13-,14-/m0/s1. The number of Topliss-reactive ketones (excluding diaryl/α,β-unsaturated/α-hetero) is 1. The highest BCUT2D eigenvalue weighted by Crippen LogP contribution is 2.31. The van der Waals surface area contributed by atoms with Crippen LogP contribution in [0.1, 0.15) is 26.7 Å². The summed E-state index contributed by atoms with van der Waals surface area (Å²) in [7, 11) is 1.63. The van der Waals surface area contributed by atoms with Crippen LogP contribution in [0.5, 0.6) is 0 Å². The molecule has 1 heterocycles. The highest BCUT2D eigenvalue weighted by Gasteiger charge is 2.36. The average Bonchev–Trinajstić information content (AvgIpc) is 2.64. The third-order valence-corrected chi connectivity index (χ3v) is 3.89. The van der Waals surface area contributed by atoms with E-state index in [1.165, 1.54) is 0 Å². The van der Waals surface area contributed by atoms with Crippen molar-refractivity contribution >= 4 is 11.8 Å². The van der Waals surface area contributed by atoms with E-state index < -0.39 is 12.1 Å². The Morgan fingerprint density at radius 1 is 1.35 bits per heavy atom. The first-order valence-corrected chi connectivity index (χ1v) is 6.77. The summed E-state index contributed by atoms with van der Waals surface area (Å²) in [5.74, 6) is -0.396. The first-order valence-electron chi connectivity index (χ1n) is 6.77. The Morgan fingerprint density at radius 3 is 2.70 bits per heavy atom. The van der Waals surface area contributed by atoms with Crippen molar-refractivity contribution in [3.8, 4) is 0 Å². The molecule has 1 aliphatic heterocycles. The van der Waals surface area contributed by atoms with Crippen molar-refractivity contribution in [3.63, 3.8) is 0 Å². The van der Waals surface area contributed by atoms with Gasteiger partial charge in [-0.25, -0.2) is 4.79 Å². The van der Waals surface area contributed by atoms with Crippen molar-refractivity contribution < 1.29 is 19.1 Å². The second-order valence-corrected chi connectivity index (χ2v) is 5.46. The molecule has 0 amide bonds. The largest absolute Gasteiger partial charge is 0.454 e. The molecule has 0 saturated heterocycles. The van der Waals surface area contributed by atoms with Gasteiger partial charge in [-0.15, -0.1) is 0 Å². The number of hydrogen-bond donors (Lipinski definition) is 0. The lowest BCUT2D eigenvalue weighted by Crippen LogP contribution is -2.26. The number of carbonyl (C=O) groups is 2. The van der Waals surface area contributed by atoms with Crippen molar-refractivity contribution in [1.29, 1.82) is 0 Å². The van der Waals surface area contributed by atoms with Gasteiger partial charge in [0.05, 0.1) is 6.10 Å². The number of rotatable bonds is 1. The minimum Gasteiger partial charge on any atom is -0.454 e. The third kappa shape index (κ3) is 2.75. The molecule has 0 aromatic carbocycles. The van der Waals surface area contributed by atoms with Crippen molar-refractivity contribution in [2.45, 2.75) is 38.9 Å². The van der Waals surface area contributed by atoms with Crippen LogP contribution in [0.15, 0.2) is 35.5 Å². The van der Waals surface area contributed by atoms with Crippen LogP contribution in [-0.4, -0.2) is 31.1 Å². The number of fused-ring (bicyclic) bond motifs is 1. The lowest BCUT2D eigenvalue weighted by atomic mass is 9.88. The van der Waals surface area contributed by atoms with E-state index in [2.05, 4.69) is 6.58 Å². The van der Waals surface area contributed by atoms with Crippen LogP contribution < -0.4 is 0 Å². The minimum absolute atomic E-state index is 0.0315. The van der Waals surface area contributed by atoms with Gasteiger partial charge >= 0.3 is 5.97 Å². The maximum Gasteiger partial charge on any atom is 0.334 e. The lowest BCUT2D eigenvalue weighted by molar-refractivity contribution is -0.139. The fourth-order valence-electron chi connectivity index (χ4n) is 2.72. The van der Waals surface area contributed by atoms with Crippen LogP contribution in [0.4, 0.5) is 0 Å². The van der Waals surface area contributed by atoms with E-state index in [-0.39, 0.29) is 17.8 Å². The Hall–Kier alpha value is -1.68. The predicted molar refractivity (Wildman–Crippen MR) is 75.1 cm³/mol. The fourth-order valence-corrected chi connectivity index (χ4v) is 2.72. The first kappa shape index (κ1) is 14.7. The van der Waals surface area contributed by atoms with Crippen LogP contribution in [0, 0.1) is 5.92 Å². The molecule has 0 spiro atoms. The number of ether oxygens (including phenoxy) is 2. The van der Waals surface area contributed by atoms with Crippen molar-refractivity contribution in [2.24, 2.45) is 5.92 Å². The van der Waals surface area contributed by atoms with Gasteiger partial charge in [0.1, 0.15) is 6.10 Å². The Kier molecular flexibility index (Phi) is 4.23. The van der Waals surface area contributed by atoms with E-state index in [0.29, 0.717) is 24.0 Å². The van der Waals surface area contributed by atoms with E-state index in [9.17, 15) is 9.59 Å². The van der Waals surface area contributed by atoms with Crippen LogP contribution in [0.25, 0.3) is 0 Å². The van der Waals surface area contributed by atoms with Crippen LogP contribution in [0.3, 0.4) is 0 Å². The van der Waals surface area contributed by atoms with Crippen molar-refractivity contribution in [3.05, 3.63) is 35.5 Å². The molecular weight excluding hydrogens is 256 g/mol. The number of esters is 1. The molecule has 0 aromatic heterocycles. The molecule has 0 fully saturated rings. The molecule has 4 nitrogen and oxygen atoms in total. The van der Waals surface area contributed by atoms with E-state index in [1.54, 1.807) is 14.0 Å². The maximum absolute atomic E-state index is 12.4. The molecule has 2 rings (SSSR count). The van der Waals surface area contributed by atoms with Crippen molar-refractivity contribution in [1.82, 2.24) is 0 Å². The van der Waals surface area contributed by atoms with Gasteiger partial charge in [-0.1, -0.05) is 31.2 Å². The molecule has 20 heavy (non-hydrogen) atoms. The number of allylic oxidation sites excluding steroid dienone is 1. The topological polar surface area (TPSA) is 52.6 Å². The summed E-state index contributed by atoms with van der Waals surface area (Å²) < 4.78 is 10.7. The Balaban J connectivity index is 2.38. The van der Waals surface area contributed by atoms with E-state index >= 15 is 0 Å². The number of ketones is 1. The van der Waals surface area contributed by atoms with Gasteiger partial charge in [-0.05, 0) is 12.8 Å². The van der Waals surface area contributed by atoms with Crippen LogP contribution >= 0.6 is 0 Å². The molecule has 1 aliphatic carbocycles. The second-order valence-electron chi connectivity index (χ2n) is 5.46. The SMILES string of the molecule is C=C1/C=C/[C@H](OC)[C@@H](C)CC(=O)C2=C(C)C(=O)O[C@H]2C1. The van der Waals surface area contributed by atoms with E-state index in [1.807, 2.05) is 19.1 Å². The molecule has 4 heteroatoms. The summed E-state index contributed by atoms with van der Waals surface area (Å²) in [5, 5.41) is 0. The highest BCUT2D eigenvalue weighted by atomic mass is 16.5. The highest BCUT2D eigenvalue weighted by molar-refractivity contribution is 6.07. The van der Waals surface area contributed by atoms with E-state index in [4.69, 9.17) is 9.47 Å². The summed E-state index contributed by atoms with van der Waals surface area (Å²) >= 11 is 0. The van der Waals surface area contributed by atoms with Crippen molar-refractivity contribution in [2.75, 3.05) is 7.11 Å². The molecule has 0 aromatic rings. The Bertz CT molecular complexity index is 513. The molecular formula is C16H20O4. The molecule has 0 radical (unpaired) electrons. The summed E-state index contributed by atoms with van der Waals surface area (Å²) in [6.07, 6.45) is 3.98. The Morgan fingerprint density at radius 2 is 2.05 bits per heavy atom. The van der Waals surface area contributed by atoms with Gasteiger partial charge in [0.15, 0.2) is 5.78 Å². The zero-order chi connectivity index (χ0) is 14.9. The Labute approximate surface area is 119 Å². The summed E-state index contributed by atoms with van der Waals surface area (Å²) in [6, 6.07) is 0. The predicted octanol–water partition coefficient (Wildman–Crippen LogP) is 2.35. The molecule has 0 unspecified atom stereocenters. The summed E-state index contributed by atoms with van der Waals surface area (Å²) in [4.78, 5) is 24.1.